The summed E-state index contributed by atoms with van der Waals surface area (Å²) in [7, 11) is -1.97. The minimum Gasteiger partial charge on any atom is -0.495 e. The van der Waals surface area contributed by atoms with Gasteiger partial charge < -0.3 is 14.5 Å². The van der Waals surface area contributed by atoms with E-state index in [1.807, 2.05) is 0 Å². The highest BCUT2D eigenvalue weighted by Crippen LogP contribution is 2.59. The molecular weight excluding hydrogens is 469 g/mol. The highest BCUT2D eigenvalue weighted by atomic mass is 35.5. The Kier molecular flexibility index (Phi) is 6.21. The number of methoxy groups -OCH3 is 1. The molecule has 1 aromatic carbocycles. The van der Waals surface area contributed by atoms with Crippen LogP contribution in [0.25, 0.3) is 0 Å². The number of alkyl halides is 3. The van der Waals surface area contributed by atoms with Crippen LogP contribution >= 0.6 is 11.6 Å². The van der Waals surface area contributed by atoms with Gasteiger partial charge in [0.05, 0.1) is 21.9 Å². The summed E-state index contributed by atoms with van der Waals surface area (Å²) < 4.78 is 73.3. The van der Waals surface area contributed by atoms with Gasteiger partial charge in [-0.25, -0.2) is 8.99 Å². The van der Waals surface area contributed by atoms with Gasteiger partial charge in [-0.2, -0.15) is 13.2 Å². The van der Waals surface area contributed by atoms with E-state index < -0.39 is 44.9 Å². The lowest BCUT2D eigenvalue weighted by molar-refractivity contribution is -0.275. The normalized spacial score (nSPS) is 27.8. The van der Waals surface area contributed by atoms with Crippen LogP contribution in [0.3, 0.4) is 0 Å². The van der Waals surface area contributed by atoms with Gasteiger partial charge in [-0.15, -0.1) is 0 Å². The third-order valence-corrected chi connectivity index (χ3v) is 7.69. The van der Waals surface area contributed by atoms with Crippen LogP contribution < -0.4 is 10.2 Å². The summed E-state index contributed by atoms with van der Waals surface area (Å²) in [5.41, 5.74) is -2.58. The maximum absolute atomic E-state index is 14.1. The molecule has 0 unspecified atom stereocenters. The van der Waals surface area contributed by atoms with E-state index in [9.17, 15) is 22.2 Å². The molecule has 2 N–H and O–H groups in total. The van der Waals surface area contributed by atoms with Crippen LogP contribution in [0.5, 0.6) is 5.75 Å². The van der Waals surface area contributed by atoms with Crippen LogP contribution in [0.1, 0.15) is 42.8 Å². The van der Waals surface area contributed by atoms with Crippen molar-refractivity contribution in [1.29, 1.82) is 4.78 Å². The second kappa shape index (κ2) is 8.07. The number of H-pyrrole nitrogens is 1. The number of nitrogens with one attached hydrogen (secondary N) is 2. The highest BCUT2D eigenvalue weighted by molar-refractivity contribution is 7.91. The fourth-order valence-corrected chi connectivity index (χ4v) is 5.74. The molecule has 1 aliphatic heterocycles. The van der Waals surface area contributed by atoms with Gasteiger partial charge >= 0.3 is 6.18 Å². The molecule has 1 saturated heterocycles. The second-order valence-corrected chi connectivity index (χ2v) is 10.7. The lowest BCUT2D eigenvalue weighted by Gasteiger charge is -2.32. The molecule has 0 aliphatic carbocycles. The van der Waals surface area contributed by atoms with Crippen molar-refractivity contribution in [1.82, 2.24) is 4.98 Å². The predicted molar refractivity (Wildman–Crippen MR) is 115 cm³/mol. The van der Waals surface area contributed by atoms with Gasteiger partial charge in [-0.3, -0.25) is 4.79 Å². The van der Waals surface area contributed by atoms with Gasteiger partial charge in [0.2, 0.25) is 0 Å². The Hall–Kier alpha value is -2.04. The average molecular weight is 493 g/mol. The van der Waals surface area contributed by atoms with E-state index in [0.717, 1.165) is 19.2 Å². The summed E-state index contributed by atoms with van der Waals surface area (Å²) in [6.45, 7) is 3.86. The molecule has 0 bridgehead atoms. The lowest BCUT2D eigenvalue weighted by atomic mass is 9.76. The molecule has 5 atom stereocenters. The number of hydrogen-bond donors (Lipinski definition) is 2. The number of para-hydroxylation sites is 1. The Morgan fingerprint density at radius 2 is 1.97 bits per heavy atom. The molecule has 11 heteroatoms. The minimum atomic E-state index is -4.70. The van der Waals surface area contributed by atoms with Gasteiger partial charge in [0, 0.05) is 41.1 Å². The van der Waals surface area contributed by atoms with Crippen LogP contribution in [-0.4, -0.2) is 34.3 Å². The van der Waals surface area contributed by atoms with Gasteiger partial charge in [-0.05, 0) is 19.9 Å². The summed E-state index contributed by atoms with van der Waals surface area (Å²) in [5.74, 6) is -1.72. The number of hydrogen-bond acceptors (Lipinski definition) is 5. The first-order valence-electron chi connectivity index (χ1n) is 9.68. The van der Waals surface area contributed by atoms with Crippen molar-refractivity contribution in [2.45, 2.75) is 49.5 Å². The molecule has 0 saturated carbocycles. The number of rotatable bonds is 4. The first-order valence-corrected chi connectivity index (χ1v) is 12.0. The van der Waals surface area contributed by atoms with E-state index in [1.165, 1.54) is 21.0 Å². The van der Waals surface area contributed by atoms with Crippen molar-refractivity contribution in [3.05, 3.63) is 56.5 Å². The van der Waals surface area contributed by atoms with E-state index >= 15 is 0 Å². The molecule has 1 aromatic heterocycles. The molecule has 176 valence electrons. The van der Waals surface area contributed by atoms with Crippen LogP contribution in [0.4, 0.5) is 13.2 Å². The minimum absolute atomic E-state index is 0.0896. The number of aromatic nitrogens is 1. The quantitative estimate of drug-likeness (QED) is 0.614. The van der Waals surface area contributed by atoms with Crippen molar-refractivity contribution in [3.8, 4) is 5.75 Å². The monoisotopic (exact) mass is 492 g/mol. The van der Waals surface area contributed by atoms with Crippen molar-refractivity contribution in [2.24, 2.45) is 5.92 Å². The Balaban J connectivity index is 2.28. The summed E-state index contributed by atoms with van der Waals surface area (Å²) >= 11 is 6.23. The summed E-state index contributed by atoms with van der Waals surface area (Å²) in [6, 6.07) is 5.85. The molecule has 2 aromatic rings. The predicted octanol–water partition coefficient (Wildman–Crippen LogP) is 5.19. The van der Waals surface area contributed by atoms with Crippen LogP contribution in [0, 0.1) is 17.6 Å². The summed E-state index contributed by atoms with van der Waals surface area (Å²) in [5, 5.41) is 0.233. The van der Waals surface area contributed by atoms with E-state index in [0.29, 0.717) is 5.56 Å². The SMILES string of the molecule is COc1c(Cl)cccc1[C@H]1[C@H](c2cc(=O)c([S@](C)(=N)=O)c(C)[nH]2)O[C@@](C)(C(F)(F)F)[C@H]1C. The zero-order chi connectivity index (χ0) is 24.2. The van der Waals surface area contributed by atoms with E-state index in [4.69, 9.17) is 25.9 Å². The summed E-state index contributed by atoms with van der Waals surface area (Å²) in [4.78, 5) is 15.3. The maximum atomic E-state index is 14.1. The third-order valence-electron chi connectivity index (χ3n) is 6.11. The van der Waals surface area contributed by atoms with Crippen molar-refractivity contribution < 1.29 is 26.9 Å². The smallest absolute Gasteiger partial charge is 0.417 e. The van der Waals surface area contributed by atoms with Gasteiger partial charge in [0.15, 0.2) is 11.0 Å². The molecule has 0 amide bonds. The highest BCUT2D eigenvalue weighted by Gasteiger charge is 2.65. The topological polar surface area (TPSA) is 92.2 Å². The zero-order valence-corrected chi connectivity index (χ0v) is 19.7. The Labute approximate surface area is 189 Å². The molecule has 0 radical (unpaired) electrons. The maximum Gasteiger partial charge on any atom is 0.417 e. The molecule has 6 nitrogen and oxygen atoms in total. The average Bonchev–Trinajstić information content (AvgIpc) is 2.92. The van der Waals surface area contributed by atoms with Gasteiger partial charge in [0.1, 0.15) is 16.7 Å². The molecule has 1 aliphatic rings. The first kappa shape index (κ1) is 24.6. The standard InChI is InChI=1S/C21H24ClF3N2O4S/c1-10-16(12-7-6-8-13(22)17(12)30-4)18(31-20(10,3)21(23,24)25)14-9-15(28)19(11(2)27-14)32(5,26)29/h6-10,16,18,26H,1-5H3,(H,27,28)/t10-,16-,18-,20+,32+/m0/s1. The molecule has 1 fully saturated rings. The van der Waals surface area contributed by atoms with Gasteiger partial charge in [-0.1, -0.05) is 30.7 Å². The van der Waals surface area contributed by atoms with Crippen molar-refractivity contribution in [3.63, 3.8) is 0 Å². The summed E-state index contributed by atoms with van der Waals surface area (Å²) in [6.07, 6.45) is -4.79. The van der Waals surface area contributed by atoms with E-state index in [1.54, 1.807) is 18.2 Å². The van der Waals surface area contributed by atoms with Crippen molar-refractivity contribution >= 4 is 21.3 Å². The van der Waals surface area contributed by atoms with Gasteiger partial charge in [0.25, 0.3) is 0 Å². The number of ether oxygens (including phenoxy) is 2. The van der Waals surface area contributed by atoms with Crippen LogP contribution in [-0.2, 0) is 14.5 Å². The van der Waals surface area contributed by atoms with Crippen LogP contribution in [0.15, 0.2) is 34.0 Å². The largest absolute Gasteiger partial charge is 0.495 e. The first-order chi connectivity index (χ1) is 14.6. The number of aryl methyl sites for hydroxylation is 1. The molecule has 2 heterocycles. The third kappa shape index (κ3) is 3.92. The fraction of sp³-hybridized carbons (Fsp3) is 0.476. The molecule has 0 spiro atoms. The Morgan fingerprint density at radius 1 is 1.34 bits per heavy atom. The zero-order valence-electron chi connectivity index (χ0n) is 18.1. The second-order valence-electron chi connectivity index (χ2n) is 8.21. The van der Waals surface area contributed by atoms with Crippen molar-refractivity contribution in [2.75, 3.05) is 13.4 Å². The molecular formula is C21H24ClF3N2O4S. The number of halogens is 4. The molecule has 32 heavy (non-hydrogen) atoms. The molecule has 3 rings (SSSR count). The lowest BCUT2D eigenvalue weighted by Crippen LogP contribution is -2.46. The van der Waals surface area contributed by atoms with E-state index in [2.05, 4.69) is 4.98 Å². The number of aromatic amines is 1. The van der Waals surface area contributed by atoms with Crippen LogP contribution in [0.2, 0.25) is 5.02 Å². The number of benzene rings is 1. The number of pyridine rings is 1. The fourth-order valence-electron chi connectivity index (χ4n) is 4.41. The Morgan fingerprint density at radius 3 is 2.47 bits per heavy atom. The van der Waals surface area contributed by atoms with E-state index in [-0.39, 0.29) is 27.1 Å². The Bertz CT molecular complexity index is 1210.